The van der Waals surface area contributed by atoms with Gasteiger partial charge in [0.05, 0.1) is 18.8 Å². The monoisotopic (exact) mass is 452 g/mol. The van der Waals surface area contributed by atoms with E-state index in [4.69, 9.17) is 4.74 Å². The molecule has 4 aromatic rings. The largest absolute Gasteiger partial charge is 0.494 e. The van der Waals surface area contributed by atoms with Crippen LogP contribution in [0.1, 0.15) is 30.3 Å². The van der Waals surface area contributed by atoms with Crippen molar-refractivity contribution in [1.29, 1.82) is 0 Å². The molecule has 0 unspecified atom stereocenters. The first kappa shape index (κ1) is 21.8. The van der Waals surface area contributed by atoms with E-state index in [2.05, 4.69) is 22.5 Å². The second-order valence-electron chi connectivity index (χ2n) is 7.43. The topological polar surface area (TPSA) is 67.7 Å². The second-order valence-corrected chi connectivity index (χ2v) is 8.49. The number of hydrogen-bond acceptors (Lipinski definition) is 4. The molecule has 2 aromatic heterocycles. The molecule has 0 aliphatic heterocycles. The van der Waals surface area contributed by atoms with Crippen LogP contribution in [-0.4, -0.2) is 22.0 Å². The molecular formula is C24H25FN4O2S. The minimum absolute atomic E-state index is 0.270. The lowest BCUT2D eigenvalue weighted by Gasteiger charge is -2.09. The van der Waals surface area contributed by atoms with Crippen LogP contribution in [0.2, 0.25) is 0 Å². The molecule has 32 heavy (non-hydrogen) atoms. The quantitative estimate of drug-likeness (QED) is 0.322. The number of carbonyl (C=O) groups excluding carboxylic acids is 1. The number of thiazole rings is 1. The Bertz CT molecular complexity index is 1200. The van der Waals surface area contributed by atoms with Crippen LogP contribution >= 0.6 is 11.3 Å². The molecule has 4 rings (SSSR count). The van der Waals surface area contributed by atoms with E-state index in [9.17, 15) is 9.18 Å². The summed E-state index contributed by atoms with van der Waals surface area (Å²) >= 11 is 1.52. The molecule has 0 atom stereocenters. The van der Waals surface area contributed by atoms with Gasteiger partial charge in [0, 0.05) is 28.0 Å². The highest BCUT2D eigenvalue weighted by Gasteiger charge is 2.13. The molecule has 2 amide bonds. The number of hydrogen-bond donors (Lipinski definition) is 2. The van der Waals surface area contributed by atoms with Crippen molar-refractivity contribution in [2.45, 2.75) is 33.2 Å². The molecule has 0 aliphatic carbocycles. The van der Waals surface area contributed by atoms with Crippen LogP contribution in [-0.2, 0) is 6.54 Å². The van der Waals surface area contributed by atoms with Gasteiger partial charge < -0.3 is 15.4 Å². The maximum absolute atomic E-state index is 13.2. The van der Waals surface area contributed by atoms with Gasteiger partial charge in [-0.1, -0.05) is 24.7 Å². The molecule has 0 spiro atoms. The number of aryl methyl sites for hydroxylation is 1. The van der Waals surface area contributed by atoms with Crippen LogP contribution in [0.4, 0.5) is 14.9 Å². The Balaban J connectivity index is 1.34. The predicted molar refractivity (Wildman–Crippen MR) is 126 cm³/mol. The van der Waals surface area contributed by atoms with Crippen LogP contribution < -0.4 is 15.4 Å². The van der Waals surface area contributed by atoms with Crippen molar-refractivity contribution in [3.63, 3.8) is 0 Å². The minimum Gasteiger partial charge on any atom is -0.494 e. The van der Waals surface area contributed by atoms with Crippen molar-refractivity contribution in [1.82, 2.24) is 14.7 Å². The Kier molecular flexibility index (Phi) is 6.70. The van der Waals surface area contributed by atoms with E-state index >= 15 is 0 Å². The van der Waals surface area contributed by atoms with Gasteiger partial charge in [0.25, 0.3) is 0 Å². The number of carbonyl (C=O) groups is 1. The van der Waals surface area contributed by atoms with Gasteiger partial charge in [-0.3, -0.25) is 4.40 Å². The lowest BCUT2D eigenvalue weighted by Crippen LogP contribution is -2.28. The molecule has 8 heteroatoms. The number of benzene rings is 2. The number of halogens is 1. The van der Waals surface area contributed by atoms with Crippen LogP contribution in [0.5, 0.6) is 5.75 Å². The van der Waals surface area contributed by atoms with E-state index in [0.29, 0.717) is 18.8 Å². The number of urea groups is 1. The molecule has 6 nitrogen and oxygen atoms in total. The third-order valence-corrected chi connectivity index (χ3v) is 6.24. The molecule has 166 valence electrons. The van der Waals surface area contributed by atoms with Crippen molar-refractivity contribution in [3.05, 3.63) is 71.1 Å². The number of imidazole rings is 1. The number of nitrogens with zero attached hydrogens (tertiary/aromatic N) is 2. The van der Waals surface area contributed by atoms with E-state index in [0.717, 1.165) is 45.4 Å². The van der Waals surface area contributed by atoms with E-state index in [1.807, 2.05) is 41.8 Å². The Morgan fingerprint density at radius 3 is 2.59 bits per heavy atom. The van der Waals surface area contributed by atoms with Gasteiger partial charge in [-0.05, 0) is 61.9 Å². The number of anilines is 1. The van der Waals surface area contributed by atoms with Crippen LogP contribution in [0.25, 0.3) is 16.2 Å². The molecule has 0 saturated carbocycles. The normalized spacial score (nSPS) is 11.0. The van der Waals surface area contributed by atoms with E-state index in [-0.39, 0.29) is 11.8 Å². The zero-order valence-corrected chi connectivity index (χ0v) is 18.8. The average molecular weight is 453 g/mol. The van der Waals surface area contributed by atoms with Crippen molar-refractivity contribution in [3.8, 4) is 17.0 Å². The number of ether oxygens (including phenoxy) is 1. The van der Waals surface area contributed by atoms with Gasteiger partial charge in [-0.25, -0.2) is 14.2 Å². The third-order valence-electron chi connectivity index (χ3n) is 5.08. The fraction of sp³-hybridized carbons (Fsp3) is 0.250. The summed E-state index contributed by atoms with van der Waals surface area (Å²) in [6, 6.07) is 13.4. The number of rotatable bonds is 8. The van der Waals surface area contributed by atoms with E-state index in [1.54, 1.807) is 12.1 Å². The average Bonchev–Trinajstić information content (AvgIpc) is 3.33. The van der Waals surface area contributed by atoms with Crippen molar-refractivity contribution >= 4 is 28.0 Å². The summed E-state index contributed by atoms with van der Waals surface area (Å²) in [6.45, 7) is 5.20. The highest BCUT2D eigenvalue weighted by atomic mass is 32.1. The second kappa shape index (κ2) is 9.82. The molecule has 0 bridgehead atoms. The highest BCUT2D eigenvalue weighted by molar-refractivity contribution is 7.17. The summed E-state index contributed by atoms with van der Waals surface area (Å²) < 4.78 is 20.8. The molecule has 0 radical (unpaired) electrons. The van der Waals surface area contributed by atoms with Crippen molar-refractivity contribution < 1.29 is 13.9 Å². The summed E-state index contributed by atoms with van der Waals surface area (Å²) in [4.78, 5) is 18.8. The van der Waals surface area contributed by atoms with E-state index < -0.39 is 0 Å². The number of aromatic nitrogens is 2. The molecule has 0 saturated heterocycles. The van der Waals surface area contributed by atoms with Crippen molar-refractivity contribution in [2.75, 3.05) is 11.9 Å². The summed E-state index contributed by atoms with van der Waals surface area (Å²) in [5.74, 6) is 0.524. The van der Waals surface area contributed by atoms with Crippen LogP contribution in [0, 0.1) is 12.7 Å². The number of amides is 2. The fourth-order valence-corrected chi connectivity index (χ4v) is 4.27. The Labute approximate surface area is 190 Å². The molecular weight excluding hydrogens is 427 g/mol. The maximum atomic E-state index is 13.2. The molecule has 2 N–H and O–H groups in total. The number of nitrogens with one attached hydrogen (secondary N) is 2. The SMILES string of the molecule is CCCCOc1ccc(NC(=O)NCc2sc3nc(-c4ccc(F)cc4)cn3c2C)cc1. The maximum Gasteiger partial charge on any atom is 0.319 e. The van der Waals surface area contributed by atoms with Gasteiger partial charge >= 0.3 is 6.03 Å². The molecule has 0 aliphatic rings. The summed E-state index contributed by atoms with van der Waals surface area (Å²) in [5, 5.41) is 5.73. The standard InChI is InChI=1S/C24H25FN4O2S/c1-3-4-13-31-20-11-9-19(10-12-20)27-23(30)26-14-22-16(2)29-15-21(28-24(29)32-22)17-5-7-18(25)8-6-17/h5-12,15H,3-4,13-14H2,1-2H3,(H2,26,27,30). The minimum atomic E-state index is -0.276. The van der Waals surface area contributed by atoms with Gasteiger partial charge in [-0.2, -0.15) is 0 Å². The zero-order valence-electron chi connectivity index (χ0n) is 18.0. The number of unbranched alkanes of at least 4 members (excludes halogenated alkanes) is 1. The lowest BCUT2D eigenvalue weighted by molar-refractivity contribution is 0.252. The van der Waals surface area contributed by atoms with Gasteiger partial charge in [-0.15, -0.1) is 0 Å². The predicted octanol–water partition coefficient (Wildman–Crippen LogP) is 6.01. The first-order valence-electron chi connectivity index (χ1n) is 10.5. The number of fused-ring (bicyclic) bond motifs is 1. The van der Waals surface area contributed by atoms with E-state index in [1.165, 1.54) is 23.5 Å². The molecule has 2 aromatic carbocycles. The molecule has 2 heterocycles. The third kappa shape index (κ3) is 5.08. The van der Waals surface area contributed by atoms with Crippen LogP contribution in [0.15, 0.2) is 54.7 Å². The lowest BCUT2D eigenvalue weighted by atomic mass is 10.2. The van der Waals surface area contributed by atoms with Gasteiger partial charge in [0.1, 0.15) is 11.6 Å². The molecule has 0 fully saturated rings. The summed E-state index contributed by atoms with van der Waals surface area (Å²) in [5.41, 5.74) is 3.37. The Morgan fingerprint density at radius 1 is 1.16 bits per heavy atom. The van der Waals surface area contributed by atoms with Gasteiger partial charge in [0.15, 0.2) is 4.96 Å². The highest BCUT2D eigenvalue weighted by Crippen LogP contribution is 2.27. The zero-order chi connectivity index (χ0) is 22.5. The van der Waals surface area contributed by atoms with Crippen LogP contribution in [0.3, 0.4) is 0 Å². The fourth-order valence-electron chi connectivity index (χ4n) is 3.22. The van der Waals surface area contributed by atoms with Gasteiger partial charge in [0.2, 0.25) is 0 Å². The van der Waals surface area contributed by atoms with Crippen molar-refractivity contribution in [2.24, 2.45) is 0 Å². The first-order valence-corrected chi connectivity index (χ1v) is 11.4. The Morgan fingerprint density at radius 2 is 1.91 bits per heavy atom. The Hall–Kier alpha value is -3.39. The summed E-state index contributed by atoms with van der Waals surface area (Å²) in [7, 11) is 0. The smallest absolute Gasteiger partial charge is 0.319 e. The first-order chi connectivity index (χ1) is 15.5. The summed E-state index contributed by atoms with van der Waals surface area (Å²) in [6.07, 6.45) is 4.04.